The van der Waals surface area contributed by atoms with Crippen molar-refractivity contribution in [2.24, 2.45) is 5.92 Å². The summed E-state index contributed by atoms with van der Waals surface area (Å²) in [6.07, 6.45) is 3.82. The second kappa shape index (κ2) is 2.84. The molecule has 0 fully saturated rings. The lowest BCUT2D eigenvalue weighted by Gasteiger charge is -2.09. The summed E-state index contributed by atoms with van der Waals surface area (Å²) in [7, 11) is 0. The van der Waals surface area contributed by atoms with Crippen molar-refractivity contribution in [2.75, 3.05) is 0 Å². The molecule has 0 unspecified atom stereocenters. The summed E-state index contributed by atoms with van der Waals surface area (Å²) in [5.74, 6) is -0.756. The van der Waals surface area contributed by atoms with E-state index in [0.29, 0.717) is 6.42 Å². The fraction of sp³-hybridized carbons (Fsp3) is 0.571. The molecule has 2 N–H and O–H groups in total. The highest BCUT2D eigenvalue weighted by atomic mass is 16.4. The lowest BCUT2D eigenvalue weighted by Crippen LogP contribution is -2.16. The number of hydrogen-bond acceptors (Lipinski definition) is 3. The predicted molar refractivity (Wildman–Crippen MR) is 35.5 cm³/mol. The molecule has 1 aliphatic carbocycles. The van der Waals surface area contributed by atoms with Crippen LogP contribution in [0.5, 0.6) is 0 Å². The van der Waals surface area contributed by atoms with Crippen LogP contribution in [-0.4, -0.2) is 22.3 Å². The van der Waals surface area contributed by atoms with E-state index in [2.05, 4.69) is 5.11 Å². The van der Waals surface area contributed by atoms with Crippen LogP contribution in [0.2, 0.25) is 0 Å². The van der Waals surface area contributed by atoms with Crippen molar-refractivity contribution in [3.8, 4) is 0 Å². The van der Waals surface area contributed by atoms with Gasteiger partial charge in [-0.25, -0.2) is 0 Å². The molecule has 0 saturated carbocycles. The molecule has 0 aromatic rings. The van der Waals surface area contributed by atoms with Gasteiger partial charge in [0.05, 0.1) is 12.5 Å². The van der Waals surface area contributed by atoms with Gasteiger partial charge < -0.3 is 10.2 Å². The van der Waals surface area contributed by atoms with Crippen LogP contribution in [0, 0.1) is 5.92 Å². The van der Waals surface area contributed by atoms with Gasteiger partial charge in [-0.3, -0.25) is 4.79 Å². The Hall–Kier alpha value is -0.830. The number of aliphatic hydroxyl groups excluding tert-OH is 1. The van der Waals surface area contributed by atoms with Crippen molar-refractivity contribution in [1.82, 2.24) is 0 Å². The minimum atomic E-state index is -0.597. The third-order valence-electron chi connectivity index (χ3n) is 1.66. The van der Waals surface area contributed by atoms with E-state index in [-0.39, 0.29) is 12.3 Å². The SMILES string of the molecule is [2H]OC(=O)C[C@@H]1C=CC[C@@H]1O. The molecule has 10 heavy (non-hydrogen) atoms. The van der Waals surface area contributed by atoms with E-state index in [1.807, 2.05) is 6.08 Å². The van der Waals surface area contributed by atoms with Gasteiger partial charge >= 0.3 is 5.97 Å². The van der Waals surface area contributed by atoms with Gasteiger partial charge in [0, 0.05) is 5.92 Å². The summed E-state index contributed by atoms with van der Waals surface area (Å²) >= 11 is 0. The maximum atomic E-state index is 10.6. The molecule has 0 saturated heterocycles. The Kier molecular flexibility index (Phi) is 1.68. The van der Waals surface area contributed by atoms with Crippen molar-refractivity contribution in [3.05, 3.63) is 12.2 Å². The van der Waals surface area contributed by atoms with E-state index < -0.39 is 12.1 Å². The third-order valence-corrected chi connectivity index (χ3v) is 1.66. The number of rotatable bonds is 2. The Morgan fingerprint density at radius 2 is 2.70 bits per heavy atom. The maximum absolute atomic E-state index is 10.6. The van der Waals surface area contributed by atoms with Gasteiger partial charge in [0.1, 0.15) is 0 Å². The lowest BCUT2D eigenvalue weighted by atomic mass is 10.0. The summed E-state index contributed by atoms with van der Waals surface area (Å²) in [5.41, 5.74) is 0. The van der Waals surface area contributed by atoms with Crippen LogP contribution in [0.4, 0.5) is 0 Å². The molecule has 3 nitrogen and oxygen atoms in total. The molecule has 0 amide bonds. The molecule has 0 radical (unpaired) electrons. The van der Waals surface area contributed by atoms with Crippen LogP contribution < -0.4 is 0 Å². The molecule has 0 aromatic carbocycles. The number of carboxylic acid groups (broad SMARTS) is 1. The molecule has 0 bridgehead atoms. The average molecular weight is 143 g/mol. The first kappa shape index (κ1) is 5.92. The Morgan fingerprint density at radius 1 is 1.90 bits per heavy atom. The molecule has 1 aliphatic rings. The van der Waals surface area contributed by atoms with Crippen LogP contribution >= 0.6 is 0 Å². The zero-order valence-electron chi connectivity index (χ0n) is 6.49. The van der Waals surface area contributed by atoms with Gasteiger partial charge in [0.15, 0.2) is 0 Å². The highest BCUT2D eigenvalue weighted by Crippen LogP contribution is 2.20. The highest BCUT2D eigenvalue weighted by Gasteiger charge is 2.22. The Labute approximate surface area is 60.5 Å². The largest absolute Gasteiger partial charge is 0.481 e. The van der Waals surface area contributed by atoms with Crippen molar-refractivity contribution < 1.29 is 15.0 Å². The predicted octanol–water partition coefficient (Wildman–Crippen LogP) is 0.398. The first-order valence-electron chi connectivity index (χ1n) is 3.65. The first-order chi connectivity index (χ1) is 5.24. The quantitative estimate of drug-likeness (QED) is 0.550. The van der Waals surface area contributed by atoms with Crippen LogP contribution in [0.1, 0.15) is 12.8 Å². The van der Waals surface area contributed by atoms with Crippen LogP contribution in [-0.2, 0) is 4.79 Å². The van der Waals surface area contributed by atoms with Gasteiger partial charge in [-0.1, -0.05) is 12.2 Å². The standard InChI is InChI=1S/C7H10O3/c8-6-3-1-2-5(6)4-7(9)10/h1-2,5-6,8H,3-4H2,(H,9,10)/t5-,6-/m0/s1/i/hD. The van der Waals surface area contributed by atoms with Crippen molar-refractivity contribution in [1.29, 1.82) is 1.43 Å². The highest BCUT2D eigenvalue weighted by molar-refractivity contribution is 5.67. The topological polar surface area (TPSA) is 57.5 Å². The Morgan fingerprint density at radius 3 is 3.20 bits per heavy atom. The molecule has 0 spiro atoms. The van der Waals surface area contributed by atoms with Crippen molar-refractivity contribution in [3.63, 3.8) is 0 Å². The fourth-order valence-corrected chi connectivity index (χ4v) is 1.09. The Balaban J connectivity index is 2.36. The monoisotopic (exact) mass is 143 g/mol. The zero-order chi connectivity index (χ0) is 8.27. The summed E-state index contributed by atoms with van der Waals surface area (Å²) < 4.78 is 6.28. The second-order valence-corrected chi connectivity index (χ2v) is 2.47. The summed E-state index contributed by atoms with van der Waals surface area (Å²) in [5, 5.41) is 12.9. The smallest absolute Gasteiger partial charge is 0.304 e. The number of aliphatic carboxylic acids is 1. The molecule has 0 aliphatic heterocycles. The van der Waals surface area contributed by atoms with Crippen molar-refractivity contribution in [2.45, 2.75) is 18.9 Å². The van der Waals surface area contributed by atoms with Gasteiger partial charge in [-0.05, 0) is 6.42 Å². The second-order valence-electron chi connectivity index (χ2n) is 2.47. The summed E-state index contributed by atoms with van der Waals surface area (Å²) in [6.45, 7) is 0. The fourth-order valence-electron chi connectivity index (χ4n) is 1.09. The minimum absolute atomic E-state index is 0.0984. The first-order valence-corrected chi connectivity index (χ1v) is 3.24. The average Bonchev–Trinajstić information content (AvgIpc) is 2.37. The van der Waals surface area contributed by atoms with Gasteiger partial charge in [0.2, 0.25) is 0 Å². The molecule has 56 valence electrons. The Bertz CT molecular complexity index is 179. The van der Waals surface area contributed by atoms with Crippen LogP contribution in [0.3, 0.4) is 0 Å². The molecule has 0 aromatic heterocycles. The number of hydrogen-bond donors (Lipinski definition) is 2. The van der Waals surface area contributed by atoms with Gasteiger partial charge in [-0.2, -0.15) is 0 Å². The van der Waals surface area contributed by atoms with Gasteiger partial charge in [0.25, 0.3) is 1.43 Å². The summed E-state index contributed by atoms with van der Waals surface area (Å²) in [4.78, 5) is 10.6. The van der Waals surface area contributed by atoms with E-state index in [1.165, 1.54) is 0 Å². The molecule has 3 heteroatoms. The molecular weight excluding hydrogens is 132 g/mol. The number of carboxylic acids is 1. The number of carbonyl (C=O) groups is 1. The number of aliphatic hydroxyl groups is 1. The van der Waals surface area contributed by atoms with E-state index in [4.69, 9.17) is 1.43 Å². The van der Waals surface area contributed by atoms with Crippen LogP contribution in [0.15, 0.2) is 12.2 Å². The van der Waals surface area contributed by atoms with E-state index in [9.17, 15) is 9.90 Å². The minimum Gasteiger partial charge on any atom is -0.481 e. The van der Waals surface area contributed by atoms with Crippen LogP contribution in [0.25, 0.3) is 1.43 Å². The summed E-state index contributed by atoms with van der Waals surface area (Å²) in [6, 6.07) is 0. The molecule has 1 rings (SSSR count). The normalized spacial score (nSPS) is 31.9. The lowest BCUT2D eigenvalue weighted by molar-refractivity contribution is -0.138. The van der Waals surface area contributed by atoms with Crippen molar-refractivity contribution >= 4 is 5.97 Å². The zero-order valence-corrected chi connectivity index (χ0v) is 5.49. The molecular formula is C7H10O3. The van der Waals surface area contributed by atoms with E-state index in [1.54, 1.807) is 6.08 Å². The molecule has 0 heterocycles. The van der Waals surface area contributed by atoms with Gasteiger partial charge in [-0.15, -0.1) is 0 Å². The maximum Gasteiger partial charge on any atom is 0.304 e. The van der Waals surface area contributed by atoms with E-state index in [0.717, 1.165) is 0 Å². The third kappa shape index (κ3) is 1.57. The van der Waals surface area contributed by atoms with E-state index >= 15 is 0 Å². The molecule has 2 atom stereocenters.